The first kappa shape index (κ1) is 10.7. The average molecular weight is 225 g/mol. The molecular weight excluding hydrogens is 212 g/mol. The fraction of sp³-hybridized carbons (Fsp3) is 0.417. The zero-order valence-corrected chi connectivity index (χ0v) is 9.29. The van der Waals surface area contributed by atoms with Crippen molar-refractivity contribution in [2.24, 2.45) is 5.92 Å². The van der Waals surface area contributed by atoms with Crippen molar-refractivity contribution < 1.29 is 9.90 Å². The van der Waals surface area contributed by atoms with E-state index in [2.05, 4.69) is 0 Å². The molecule has 3 heteroatoms. The smallest absolute Gasteiger partial charge is 0.169 e. The summed E-state index contributed by atoms with van der Waals surface area (Å²) in [5.74, 6) is -0.223. The van der Waals surface area contributed by atoms with Crippen LogP contribution in [0.4, 0.5) is 0 Å². The molecule has 2 unspecified atom stereocenters. The van der Waals surface area contributed by atoms with Crippen molar-refractivity contribution in [2.45, 2.75) is 25.9 Å². The van der Waals surface area contributed by atoms with Gasteiger partial charge in [0.05, 0.1) is 12.0 Å². The summed E-state index contributed by atoms with van der Waals surface area (Å²) >= 11 is 5.86. The minimum absolute atomic E-state index is 0.0519. The van der Waals surface area contributed by atoms with Crippen LogP contribution in [0.1, 0.15) is 29.3 Å². The first-order chi connectivity index (χ1) is 7.13. The van der Waals surface area contributed by atoms with Crippen LogP contribution in [0, 0.1) is 5.92 Å². The van der Waals surface area contributed by atoms with E-state index >= 15 is 0 Å². The molecule has 1 aliphatic rings. The highest BCUT2D eigenvalue weighted by atomic mass is 35.5. The van der Waals surface area contributed by atoms with Gasteiger partial charge in [-0.1, -0.05) is 18.5 Å². The molecule has 0 spiro atoms. The Kier molecular flexibility index (Phi) is 2.81. The van der Waals surface area contributed by atoms with Gasteiger partial charge in [0.1, 0.15) is 0 Å². The molecule has 1 aliphatic carbocycles. The summed E-state index contributed by atoms with van der Waals surface area (Å²) in [6.07, 6.45) is 0.686. The Morgan fingerprint density at radius 1 is 1.60 bits per heavy atom. The van der Waals surface area contributed by atoms with Gasteiger partial charge < -0.3 is 5.11 Å². The van der Waals surface area contributed by atoms with Crippen molar-refractivity contribution in [1.82, 2.24) is 0 Å². The Morgan fingerprint density at radius 2 is 2.33 bits per heavy atom. The number of ketones is 1. The van der Waals surface area contributed by atoms with Crippen LogP contribution >= 0.6 is 11.6 Å². The van der Waals surface area contributed by atoms with Gasteiger partial charge in [-0.05, 0) is 36.6 Å². The number of carbonyl (C=O) groups is 1. The molecule has 0 fully saturated rings. The number of aliphatic hydroxyl groups excluding tert-OH is 1. The summed E-state index contributed by atoms with van der Waals surface area (Å²) in [5.41, 5.74) is 1.68. The first-order valence-corrected chi connectivity index (χ1v) is 5.52. The highest BCUT2D eigenvalue weighted by molar-refractivity contribution is 6.30. The van der Waals surface area contributed by atoms with Crippen LogP contribution in [-0.2, 0) is 6.42 Å². The minimum Gasteiger partial charge on any atom is -0.392 e. The van der Waals surface area contributed by atoms with Crippen LogP contribution < -0.4 is 0 Å². The monoisotopic (exact) mass is 224 g/mol. The van der Waals surface area contributed by atoms with Crippen molar-refractivity contribution in [1.29, 1.82) is 0 Å². The van der Waals surface area contributed by atoms with Crippen LogP contribution in [0.15, 0.2) is 18.2 Å². The molecule has 0 bridgehead atoms. The van der Waals surface area contributed by atoms with E-state index in [1.54, 1.807) is 12.1 Å². The van der Waals surface area contributed by atoms with Gasteiger partial charge in [0.2, 0.25) is 0 Å². The summed E-state index contributed by atoms with van der Waals surface area (Å²) in [5, 5.41) is 10.4. The van der Waals surface area contributed by atoms with Gasteiger partial charge in [-0.2, -0.15) is 0 Å². The van der Waals surface area contributed by atoms with E-state index < -0.39 is 6.10 Å². The Balaban J connectivity index is 2.33. The number of Topliss-reactive ketones (excluding diaryl/α,β-unsaturated/α-hetero) is 1. The third-order valence-electron chi connectivity index (χ3n) is 2.99. The normalized spacial score (nSPS) is 21.5. The molecule has 0 saturated carbocycles. The zero-order valence-electron chi connectivity index (χ0n) is 8.53. The molecule has 0 aromatic heterocycles. The summed E-state index contributed by atoms with van der Waals surface area (Å²) in [4.78, 5) is 11.9. The third-order valence-corrected chi connectivity index (χ3v) is 3.23. The summed E-state index contributed by atoms with van der Waals surface area (Å²) in [6.45, 7) is 1.88. The fourth-order valence-electron chi connectivity index (χ4n) is 2.10. The quantitative estimate of drug-likeness (QED) is 0.838. The van der Waals surface area contributed by atoms with Gasteiger partial charge in [-0.25, -0.2) is 0 Å². The lowest BCUT2D eigenvalue weighted by molar-refractivity contribution is 0.0700. The number of aliphatic hydroxyl groups is 1. The average Bonchev–Trinajstić information content (AvgIpc) is 2.54. The zero-order chi connectivity index (χ0) is 11.0. The van der Waals surface area contributed by atoms with E-state index in [-0.39, 0.29) is 11.7 Å². The lowest BCUT2D eigenvalue weighted by Crippen LogP contribution is -2.24. The van der Waals surface area contributed by atoms with Crippen LogP contribution in [0.3, 0.4) is 0 Å². The molecule has 15 heavy (non-hydrogen) atoms. The lowest BCUT2D eigenvalue weighted by atomic mass is 9.96. The van der Waals surface area contributed by atoms with E-state index in [0.29, 0.717) is 17.9 Å². The van der Waals surface area contributed by atoms with E-state index in [4.69, 9.17) is 11.6 Å². The molecule has 1 aromatic carbocycles. The van der Waals surface area contributed by atoms with Gasteiger partial charge in [0.25, 0.3) is 0 Å². The molecule has 0 aliphatic heterocycles. The Hall–Kier alpha value is -0.860. The number of hydrogen-bond acceptors (Lipinski definition) is 2. The Morgan fingerprint density at radius 3 is 3.00 bits per heavy atom. The molecule has 80 valence electrons. The number of carbonyl (C=O) groups excluding carboxylic acids is 1. The maximum Gasteiger partial charge on any atom is 0.169 e. The van der Waals surface area contributed by atoms with Gasteiger partial charge in [-0.15, -0.1) is 0 Å². The molecule has 0 amide bonds. The number of benzene rings is 1. The van der Waals surface area contributed by atoms with Crippen LogP contribution in [0.25, 0.3) is 0 Å². The van der Waals surface area contributed by atoms with Gasteiger partial charge in [-0.3, -0.25) is 4.79 Å². The number of fused-ring (bicyclic) bond motifs is 1. The lowest BCUT2D eigenvalue weighted by Gasteiger charge is -2.13. The molecule has 1 aromatic rings. The predicted molar refractivity (Wildman–Crippen MR) is 59.3 cm³/mol. The van der Waals surface area contributed by atoms with E-state index in [1.807, 2.05) is 13.0 Å². The van der Waals surface area contributed by atoms with Crippen LogP contribution in [0.2, 0.25) is 5.02 Å². The second-order valence-electron chi connectivity index (χ2n) is 3.95. The molecule has 2 rings (SSSR count). The molecule has 0 saturated heterocycles. The van der Waals surface area contributed by atoms with Crippen LogP contribution in [0.5, 0.6) is 0 Å². The molecule has 1 N–H and O–H groups in total. The van der Waals surface area contributed by atoms with Gasteiger partial charge >= 0.3 is 0 Å². The number of hydrogen-bond donors (Lipinski definition) is 1. The van der Waals surface area contributed by atoms with Crippen molar-refractivity contribution in [2.75, 3.05) is 0 Å². The topological polar surface area (TPSA) is 37.3 Å². The molecule has 2 atom stereocenters. The minimum atomic E-state index is -0.538. The second-order valence-corrected chi connectivity index (χ2v) is 4.39. The highest BCUT2D eigenvalue weighted by Crippen LogP contribution is 2.31. The Bertz CT molecular complexity index is 401. The first-order valence-electron chi connectivity index (χ1n) is 5.14. The third kappa shape index (κ3) is 1.80. The van der Waals surface area contributed by atoms with Crippen LogP contribution in [-0.4, -0.2) is 17.0 Å². The van der Waals surface area contributed by atoms with Gasteiger partial charge in [0, 0.05) is 10.6 Å². The SMILES string of the molecule is CCC(O)C1Cc2cc(Cl)ccc2C1=O. The molecule has 0 heterocycles. The number of rotatable bonds is 2. The Labute approximate surface area is 93.9 Å². The van der Waals surface area contributed by atoms with Crippen molar-refractivity contribution in [3.05, 3.63) is 34.3 Å². The van der Waals surface area contributed by atoms with Crippen molar-refractivity contribution in [3.63, 3.8) is 0 Å². The van der Waals surface area contributed by atoms with E-state index in [0.717, 1.165) is 11.1 Å². The maximum atomic E-state index is 11.9. The van der Waals surface area contributed by atoms with E-state index in [1.165, 1.54) is 0 Å². The van der Waals surface area contributed by atoms with Crippen molar-refractivity contribution in [3.8, 4) is 0 Å². The summed E-state index contributed by atoms with van der Waals surface area (Å²) in [6, 6.07) is 5.29. The molecule has 0 radical (unpaired) electrons. The standard InChI is InChI=1S/C12H13ClO2/c1-2-11(14)10-6-7-5-8(13)3-4-9(7)12(10)15/h3-5,10-11,14H,2,6H2,1H3. The fourth-order valence-corrected chi connectivity index (χ4v) is 2.29. The number of halogens is 1. The molecule has 2 nitrogen and oxygen atoms in total. The van der Waals surface area contributed by atoms with E-state index in [9.17, 15) is 9.90 Å². The maximum absolute atomic E-state index is 11.9. The van der Waals surface area contributed by atoms with Gasteiger partial charge in [0.15, 0.2) is 5.78 Å². The highest BCUT2D eigenvalue weighted by Gasteiger charge is 2.34. The van der Waals surface area contributed by atoms with Crippen molar-refractivity contribution >= 4 is 17.4 Å². The predicted octanol–water partition coefficient (Wildman–Crippen LogP) is 2.47. The summed E-state index contributed by atoms with van der Waals surface area (Å²) in [7, 11) is 0. The largest absolute Gasteiger partial charge is 0.392 e. The summed E-state index contributed by atoms with van der Waals surface area (Å²) < 4.78 is 0. The molecular formula is C12H13ClO2. The second kappa shape index (κ2) is 3.95.